The summed E-state index contributed by atoms with van der Waals surface area (Å²) in [5, 5.41) is 20.1. The molecule has 5 unspecified atom stereocenters. The Morgan fingerprint density at radius 1 is 1.29 bits per heavy atom. The predicted molar refractivity (Wildman–Crippen MR) is 55.8 cm³/mol. The van der Waals surface area contributed by atoms with Crippen molar-refractivity contribution in [3.63, 3.8) is 0 Å². The second kappa shape index (κ2) is 2.73. The fourth-order valence-electron chi connectivity index (χ4n) is 3.45. The average Bonchev–Trinajstić information content (AvgIpc) is 2.55. The van der Waals surface area contributed by atoms with Gasteiger partial charge in [0.25, 0.3) is 0 Å². The summed E-state index contributed by atoms with van der Waals surface area (Å²) in [4.78, 5) is 0. The summed E-state index contributed by atoms with van der Waals surface area (Å²) < 4.78 is 0. The quantitative estimate of drug-likeness (QED) is 0.674. The number of fused-ring (bicyclic) bond motifs is 1. The van der Waals surface area contributed by atoms with Crippen molar-refractivity contribution in [2.24, 2.45) is 23.2 Å². The minimum atomic E-state index is -0.838. The van der Waals surface area contributed by atoms with Crippen molar-refractivity contribution in [3.05, 3.63) is 0 Å². The van der Waals surface area contributed by atoms with Gasteiger partial charge in [-0.15, -0.1) is 0 Å². The van der Waals surface area contributed by atoms with Gasteiger partial charge < -0.3 is 10.2 Å². The number of aliphatic hydroxyl groups is 2. The standard InChI is InChI=1S/C12H22O2/c1-7-5-9-10(11(9,3)4)6-12(7,14)8(2)13/h7-10,13-14H,5-6H2,1-4H3. The largest absolute Gasteiger partial charge is 0.390 e. The Labute approximate surface area is 86.3 Å². The van der Waals surface area contributed by atoms with E-state index in [0.717, 1.165) is 18.8 Å². The molecule has 2 aliphatic rings. The van der Waals surface area contributed by atoms with Gasteiger partial charge in [-0.1, -0.05) is 20.8 Å². The molecule has 2 heteroatoms. The lowest BCUT2D eigenvalue weighted by molar-refractivity contribution is -0.123. The maximum atomic E-state index is 10.4. The van der Waals surface area contributed by atoms with E-state index < -0.39 is 11.7 Å². The van der Waals surface area contributed by atoms with Gasteiger partial charge in [0.15, 0.2) is 0 Å². The maximum absolute atomic E-state index is 10.4. The Balaban J connectivity index is 2.17. The highest BCUT2D eigenvalue weighted by molar-refractivity contribution is 5.13. The molecule has 5 atom stereocenters. The van der Waals surface area contributed by atoms with Crippen LogP contribution in [0.4, 0.5) is 0 Å². The maximum Gasteiger partial charge on any atom is 0.0931 e. The van der Waals surface area contributed by atoms with Gasteiger partial charge in [-0.2, -0.15) is 0 Å². The summed E-state index contributed by atoms with van der Waals surface area (Å²) in [6.45, 7) is 8.34. The van der Waals surface area contributed by atoms with Crippen molar-refractivity contribution in [2.45, 2.75) is 52.2 Å². The summed E-state index contributed by atoms with van der Waals surface area (Å²) in [7, 11) is 0. The van der Waals surface area contributed by atoms with Crippen LogP contribution in [0, 0.1) is 23.2 Å². The van der Waals surface area contributed by atoms with Crippen LogP contribution in [0.3, 0.4) is 0 Å². The molecular weight excluding hydrogens is 176 g/mol. The highest BCUT2D eigenvalue weighted by atomic mass is 16.3. The van der Waals surface area contributed by atoms with Crippen molar-refractivity contribution in [3.8, 4) is 0 Å². The molecule has 0 aromatic heterocycles. The second-order valence-electron chi connectivity index (χ2n) is 6.04. The SMILES string of the molecule is CC(O)C1(O)CC2C(CC1C)C2(C)C. The third kappa shape index (κ3) is 1.17. The molecule has 14 heavy (non-hydrogen) atoms. The third-order valence-electron chi connectivity index (χ3n) is 5.02. The van der Waals surface area contributed by atoms with Crippen LogP contribution >= 0.6 is 0 Å². The van der Waals surface area contributed by atoms with Crippen molar-refractivity contribution >= 4 is 0 Å². The third-order valence-corrected chi connectivity index (χ3v) is 5.02. The molecule has 0 aliphatic heterocycles. The van der Waals surface area contributed by atoms with E-state index >= 15 is 0 Å². The molecule has 2 N–H and O–H groups in total. The highest BCUT2D eigenvalue weighted by Crippen LogP contribution is 2.67. The molecule has 2 aliphatic carbocycles. The van der Waals surface area contributed by atoms with Gasteiger partial charge in [-0.05, 0) is 42.9 Å². The first-order valence-corrected chi connectivity index (χ1v) is 5.70. The summed E-state index contributed by atoms with van der Waals surface area (Å²) in [6.07, 6.45) is 1.25. The number of hydrogen-bond acceptors (Lipinski definition) is 2. The number of hydrogen-bond donors (Lipinski definition) is 2. The number of aliphatic hydroxyl groups excluding tert-OH is 1. The Hall–Kier alpha value is -0.0800. The molecular formula is C12H22O2. The van der Waals surface area contributed by atoms with Gasteiger partial charge in [0.1, 0.15) is 0 Å². The Kier molecular flexibility index (Phi) is 2.04. The zero-order valence-corrected chi connectivity index (χ0v) is 9.62. The molecule has 82 valence electrons. The van der Waals surface area contributed by atoms with E-state index in [0.29, 0.717) is 11.3 Å². The molecule has 0 aromatic carbocycles. The Morgan fingerprint density at radius 2 is 1.86 bits per heavy atom. The molecule has 2 nitrogen and oxygen atoms in total. The number of rotatable bonds is 1. The molecule has 0 bridgehead atoms. The first kappa shape index (κ1) is 10.4. The van der Waals surface area contributed by atoms with Crippen molar-refractivity contribution in [2.75, 3.05) is 0 Å². The molecule has 0 saturated heterocycles. The molecule has 0 radical (unpaired) electrons. The molecule has 2 rings (SSSR count). The van der Waals surface area contributed by atoms with Gasteiger partial charge in [-0.3, -0.25) is 0 Å². The zero-order chi connectivity index (χ0) is 10.7. The molecule has 0 amide bonds. The van der Waals surface area contributed by atoms with Gasteiger partial charge >= 0.3 is 0 Å². The summed E-state index contributed by atoms with van der Waals surface area (Å²) in [5.41, 5.74) is -0.442. The van der Waals surface area contributed by atoms with Crippen LogP contribution < -0.4 is 0 Å². The van der Waals surface area contributed by atoms with Gasteiger partial charge in [-0.25, -0.2) is 0 Å². The van der Waals surface area contributed by atoms with Crippen molar-refractivity contribution in [1.29, 1.82) is 0 Å². The van der Waals surface area contributed by atoms with Crippen LogP contribution in [0.25, 0.3) is 0 Å². The van der Waals surface area contributed by atoms with E-state index in [1.54, 1.807) is 6.92 Å². The van der Waals surface area contributed by atoms with Crippen LogP contribution in [-0.2, 0) is 0 Å². The lowest BCUT2D eigenvalue weighted by Crippen LogP contribution is -2.48. The van der Waals surface area contributed by atoms with Gasteiger partial charge in [0.2, 0.25) is 0 Å². The van der Waals surface area contributed by atoms with E-state index in [4.69, 9.17) is 0 Å². The van der Waals surface area contributed by atoms with E-state index in [9.17, 15) is 10.2 Å². The topological polar surface area (TPSA) is 40.5 Å². The lowest BCUT2D eigenvalue weighted by Gasteiger charge is -2.40. The minimum absolute atomic E-state index is 0.227. The lowest BCUT2D eigenvalue weighted by atomic mass is 9.73. The summed E-state index contributed by atoms with van der Waals surface area (Å²) in [6, 6.07) is 0. The van der Waals surface area contributed by atoms with E-state index in [2.05, 4.69) is 20.8 Å². The van der Waals surface area contributed by atoms with Crippen LogP contribution in [0.2, 0.25) is 0 Å². The smallest absolute Gasteiger partial charge is 0.0931 e. The first-order valence-electron chi connectivity index (χ1n) is 5.70. The van der Waals surface area contributed by atoms with Crippen LogP contribution in [0.15, 0.2) is 0 Å². The van der Waals surface area contributed by atoms with Crippen LogP contribution in [0.5, 0.6) is 0 Å². The van der Waals surface area contributed by atoms with E-state index in [-0.39, 0.29) is 5.92 Å². The molecule has 0 heterocycles. The van der Waals surface area contributed by atoms with Crippen LogP contribution in [-0.4, -0.2) is 21.9 Å². The molecule has 0 aromatic rings. The molecule has 2 saturated carbocycles. The van der Waals surface area contributed by atoms with Crippen molar-refractivity contribution < 1.29 is 10.2 Å². The zero-order valence-electron chi connectivity index (χ0n) is 9.62. The summed E-state index contributed by atoms with van der Waals surface area (Å²) in [5.74, 6) is 1.63. The predicted octanol–water partition coefficient (Wildman–Crippen LogP) is 1.80. The monoisotopic (exact) mass is 198 g/mol. The summed E-state index contributed by atoms with van der Waals surface area (Å²) >= 11 is 0. The van der Waals surface area contributed by atoms with E-state index in [1.165, 1.54) is 0 Å². The normalized spacial score (nSPS) is 52.3. The van der Waals surface area contributed by atoms with Gasteiger partial charge in [0, 0.05) is 0 Å². The fraction of sp³-hybridized carbons (Fsp3) is 1.00. The molecule has 2 fully saturated rings. The fourth-order valence-corrected chi connectivity index (χ4v) is 3.45. The van der Waals surface area contributed by atoms with Gasteiger partial charge in [0.05, 0.1) is 11.7 Å². The molecule has 0 spiro atoms. The van der Waals surface area contributed by atoms with Crippen LogP contribution in [0.1, 0.15) is 40.5 Å². The first-order chi connectivity index (χ1) is 6.30. The van der Waals surface area contributed by atoms with Crippen molar-refractivity contribution in [1.82, 2.24) is 0 Å². The minimum Gasteiger partial charge on any atom is -0.390 e. The van der Waals surface area contributed by atoms with E-state index in [1.807, 2.05) is 0 Å². The Morgan fingerprint density at radius 3 is 2.36 bits per heavy atom. The highest BCUT2D eigenvalue weighted by Gasteiger charge is 2.64. The second-order valence-corrected chi connectivity index (χ2v) is 6.04. The average molecular weight is 198 g/mol. The Bertz CT molecular complexity index is 247.